The monoisotopic (exact) mass is 415 g/mol. The molecule has 0 amide bonds. The number of nitrogens with one attached hydrogen (secondary N) is 1. The summed E-state index contributed by atoms with van der Waals surface area (Å²) in [5.41, 5.74) is 4.63. The molecule has 0 unspecified atom stereocenters. The van der Waals surface area contributed by atoms with Gasteiger partial charge in [0.2, 0.25) is 0 Å². The van der Waals surface area contributed by atoms with Crippen LogP contribution in [-0.4, -0.2) is 11.0 Å². The van der Waals surface area contributed by atoms with Crippen LogP contribution in [-0.2, 0) is 16.1 Å². The standard InChI is InChI=1S/C26H19F2NO2/c27-22-11-6-19(7-12-22)24-16-21(26(29-24)20-8-13-23(28)14-9-20)10-15-25(30)31-17-18-4-2-1-3-5-18/h1-16,29H,17H2/b15-10+. The van der Waals surface area contributed by atoms with Crippen LogP contribution >= 0.6 is 0 Å². The van der Waals surface area contributed by atoms with E-state index in [2.05, 4.69) is 4.98 Å². The van der Waals surface area contributed by atoms with Crippen molar-refractivity contribution >= 4 is 12.0 Å². The molecule has 4 rings (SSSR count). The molecule has 0 spiro atoms. The van der Waals surface area contributed by atoms with E-state index in [0.29, 0.717) is 5.69 Å². The number of aromatic amines is 1. The van der Waals surface area contributed by atoms with Crippen LogP contribution in [0.2, 0.25) is 0 Å². The molecule has 3 nitrogen and oxygen atoms in total. The Labute approximate surface area is 178 Å². The van der Waals surface area contributed by atoms with E-state index >= 15 is 0 Å². The van der Waals surface area contributed by atoms with Crippen LogP contribution in [0.5, 0.6) is 0 Å². The lowest BCUT2D eigenvalue weighted by Crippen LogP contribution is -2.00. The summed E-state index contributed by atoms with van der Waals surface area (Å²) in [7, 11) is 0. The van der Waals surface area contributed by atoms with Gasteiger partial charge in [0.1, 0.15) is 18.2 Å². The van der Waals surface area contributed by atoms with E-state index in [1.165, 1.54) is 30.3 Å². The Hall–Kier alpha value is -3.99. The van der Waals surface area contributed by atoms with Gasteiger partial charge in [-0.2, -0.15) is 0 Å². The lowest BCUT2D eigenvalue weighted by molar-refractivity contribution is -0.138. The van der Waals surface area contributed by atoms with Crippen molar-refractivity contribution in [3.8, 4) is 22.5 Å². The third-order valence-electron chi connectivity index (χ3n) is 4.76. The Morgan fingerprint density at radius 2 is 1.45 bits per heavy atom. The molecule has 5 heteroatoms. The molecule has 0 fully saturated rings. The minimum absolute atomic E-state index is 0.183. The van der Waals surface area contributed by atoms with Gasteiger partial charge in [0.05, 0.1) is 5.69 Å². The average Bonchev–Trinajstić information content (AvgIpc) is 3.22. The highest BCUT2D eigenvalue weighted by Crippen LogP contribution is 2.30. The second-order valence-electron chi connectivity index (χ2n) is 6.95. The van der Waals surface area contributed by atoms with Gasteiger partial charge in [-0.05, 0) is 77.4 Å². The topological polar surface area (TPSA) is 42.1 Å². The molecule has 3 aromatic carbocycles. The minimum Gasteiger partial charge on any atom is -0.458 e. The second-order valence-corrected chi connectivity index (χ2v) is 6.95. The molecule has 0 radical (unpaired) electrons. The molecule has 0 aliphatic heterocycles. The van der Waals surface area contributed by atoms with Gasteiger partial charge in [0.25, 0.3) is 0 Å². The zero-order valence-corrected chi connectivity index (χ0v) is 16.5. The van der Waals surface area contributed by atoms with Crippen LogP contribution in [0.4, 0.5) is 8.78 Å². The number of ether oxygens (including phenoxy) is 1. The molecule has 0 saturated heterocycles. The summed E-state index contributed by atoms with van der Waals surface area (Å²) in [6.45, 7) is 0.183. The van der Waals surface area contributed by atoms with E-state index in [9.17, 15) is 13.6 Å². The van der Waals surface area contributed by atoms with Crippen LogP contribution in [0.1, 0.15) is 11.1 Å². The van der Waals surface area contributed by atoms with E-state index in [0.717, 1.165) is 27.9 Å². The van der Waals surface area contributed by atoms with Crippen molar-refractivity contribution < 1.29 is 18.3 Å². The molecular weight excluding hydrogens is 396 g/mol. The fraction of sp³-hybridized carbons (Fsp3) is 0.0385. The highest BCUT2D eigenvalue weighted by atomic mass is 19.1. The Morgan fingerprint density at radius 1 is 0.839 bits per heavy atom. The van der Waals surface area contributed by atoms with Gasteiger partial charge >= 0.3 is 5.97 Å². The van der Waals surface area contributed by atoms with Gasteiger partial charge in [0.15, 0.2) is 0 Å². The third-order valence-corrected chi connectivity index (χ3v) is 4.76. The first-order valence-corrected chi connectivity index (χ1v) is 9.72. The van der Waals surface area contributed by atoms with Crippen molar-refractivity contribution in [3.63, 3.8) is 0 Å². The van der Waals surface area contributed by atoms with E-state index in [1.54, 1.807) is 30.3 Å². The summed E-state index contributed by atoms with van der Waals surface area (Å²) in [5.74, 6) is -1.13. The molecule has 1 heterocycles. The zero-order chi connectivity index (χ0) is 21.6. The van der Waals surface area contributed by atoms with E-state index in [1.807, 2.05) is 36.4 Å². The lowest BCUT2D eigenvalue weighted by Gasteiger charge is -2.03. The van der Waals surface area contributed by atoms with Gasteiger partial charge in [-0.25, -0.2) is 13.6 Å². The highest BCUT2D eigenvalue weighted by molar-refractivity contribution is 5.89. The van der Waals surface area contributed by atoms with Crippen LogP contribution < -0.4 is 0 Å². The van der Waals surface area contributed by atoms with E-state index < -0.39 is 5.97 Å². The molecule has 154 valence electrons. The fourth-order valence-corrected chi connectivity index (χ4v) is 3.18. The summed E-state index contributed by atoms with van der Waals surface area (Å²) < 4.78 is 31.9. The van der Waals surface area contributed by atoms with E-state index in [-0.39, 0.29) is 18.2 Å². The number of esters is 1. The number of carbonyl (C=O) groups excluding carboxylic acids is 1. The molecule has 0 saturated carbocycles. The molecule has 4 aromatic rings. The van der Waals surface area contributed by atoms with Crippen molar-refractivity contribution in [1.29, 1.82) is 0 Å². The predicted octanol–water partition coefficient (Wildman–Crippen LogP) is 6.38. The fourth-order valence-electron chi connectivity index (χ4n) is 3.18. The summed E-state index contributed by atoms with van der Waals surface area (Å²) in [6.07, 6.45) is 3.00. The molecule has 1 aromatic heterocycles. The van der Waals surface area contributed by atoms with Crippen LogP contribution in [0.3, 0.4) is 0 Å². The Morgan fingerprint density at radius 3 is 2.10 bits per heavy atom. The second kappa shape index (κ2) is 9.22. The Kier molecular flexibility index (Phi) is 6.03. The molecule has 31 heavy (non-hydrogen) atoms. The molecule has 1 N–H and O–H groups in total. The maximum Gasteiger partial charge on any atom is 0.331 e. The Bertz CT molecular complexity index is 1190. The van der Waals surface area contributed by atoms with Gasteiger partial charge in [-0.1, -0.05) is 30.3 Å². The number of aromatic nitrogens is 1. The maximum absolute atomic E-state index is 13.4. The van der Waals surface area contributed by atoms with Gasteiger partial charge < -0.3 is 9.72 Å². The number of hydrogen-bond acceptors (Lipinski definition) is 2. The van der Waals surface area contributed by atoms with Gasteiger partial charge in [0, 0.05) is 17.3 Å². The smallest absolute Gasteiger partial charge is 0.331 e. The highest BCUT2D eigenvalue weighted by Gasteiger charge is 2.11. The number of rotatable bonds is 6. The zero-order valence-electron chi connectivity index (χ0n) is 16.5. The summed E-state index contributed by atoms with van der Waals surface area (Å²) >= 11 is 0. The van der Waals surface area contributed by atoms with Crippen molar-refractivity contribution in [1.82, 2.24) is 4.98 Å². The first-order chi connectivity index (χ1) is 15.1. The minimum atomic E-state index is -0.474. The number of carbonyl (C=O) groups is 1. The number of benzene rings is 3. The molecule has 0 atom stereocenters. The maximum atomic E-state index is 13.4. The molecule has 0 aliphatic carbocycles. The number of halogens is 2. The molecule has 0 bridgehead atoms. The first-order valence-electron chi connectivity index (χ1n) is 9.72. The molecule has 0 aliphatic rings. The van der Waals surface area contributed by atoms with Gasteiger partial charge in [-0.15, -0.1) is 0 Å². The van der Waals surface area contributed by atoms with Crippen molar-refractivity contribution in [2.24, 2.45) is 0 Å². The number of H-pyrrole nitrogens is 1. The van der Waals surface area contributed by atoms with Crippen molar-refractivity contribution in [2.45, 2.75) is 6.61 Å². The van der Waals surface area contributed by atoms with Gasteiger partial charge in [-0.3, -0.25) is 0 Å². The largest absolute Gasteiger partial charge is 0.458 e. The summed E-state index contributed by atoms with van der Waals surface area (Å²) in [4.78, 5) is 15.5. The number of hydrogen-bond donors (Lipinski definition) is 1. The third kappa shape index (κ3) is 5.14. The Balaban J connectivity index is 1.60. The summed E-state index contributed by atoms with van der Waals surface area (Å²) in [5, 5.41) is 0. The average molecular weight is 415 g/mol. The van der Waals surface area contributed by atoms with Crippen molar-refractivity contribution in [2.75, 3.05) is 0 Å². The SMILES string of the molecule is O=C(/C=C/c1cc(-c2ccc(F)cc2)[nH]c1-c1ccc(F)cc1)OCc1ccccc1. The first kappa shape index (κ1) is 20.3. The quantitative estimate of drug-likeness (QED) is 0.293. The van der Waals surface area contributed by atoms with Crippen LogP contribution in [0.25, 0.3) is 28.6 Å². The predicted molar refractivity (Wildman–Crippen MR) is 117 cm³/mol. The molecular formula is C26H19F2NO2. The van der Waals surface area contributed by atoms with E-state index in [4.69, 9.17) is 4.74 Å². The van der Waals surface area contributed by atoms with Crippen LogP contribution in [0, 0.1) is 11.6 Å². The lowest BCUT2D eigenvalue weighted by atomic mass is 10.1. The normalized spacial score (nSPS) is 11.0. The van der Waals surface area contributed by atoms with Crippen molar-refractivity contribution in [3.05, 3.63) is 114 Å². The van der Waals surface area contributed by atoms with Crippen LogP contribution in [0.15, 0.2) is 91.0 Å². The summed E-state index contributed by atoms with van der Waals surface area (Å²) in [6, 6.07) is 23.4.